The highest BCUT2D eigenvalue weighted by Gasteiger charge is 2.41. The van der Waals surface area contributed by atoms with Gasteiger partial charge in [-0.05, 0) is 27.7 Å². The van der Waals surface area contributed by atoms with Crippen molar-refractivity contribution in [3.63, 3.8) is 0 Å². The summed E-state index contributed by atoms with van der Waals surface area (Å²) >= 11 is 0. The monoisotopic (exact) mass is 168 g/mol. The molecule has 1 fully saturated rings. The normalized spacial score (nSPS) is 26.8. The Hall–Kier alpha value is -0.275. The van der Waals surface area contributed by atoms with Crippen molar-refractivity contribution in [3.8, 4) is 0 Å². The molecule has 0 N–H and O–H groups in total. The molecule has 1 rings (SSSR count). The van der Waals surface area contributed by atoms with Gasteiger partial charge in [-0.1, -0.05) is 5.98 Å². The van der Waals surface area contributed by atoms with E-state index in [4.69, 9.17) is 9.31 Å². The van der Waals surface area contributed by atoms with Gasteiger partial charge in [0, 0.05) is 6.42 Å². The zero-order valence-corrected chi connectivity index (χ0v) is 8.39. The van der Waals surface area contributed by atoms with Gasteiger partial charge in [-0.25, -0.2) is 0 Å². The van der Waals surface area contributed by atoms with Crippen molar-refractivity contribution in [2.24, 2.45) is 0 Å². The van der Waals surface area contributed by atoms with Gasteiger partial charge in [0.15, 0.2) is 0 Å². The summed E-state index contributed by atoms with van der Waals surface area (Å²) in [5, 5.41) is 0. The first-order valence-corrected chi connectivity index (χ1v) is 4.33. The molecule has 0 atom stereocenters. The molecule has 12 heavy (non-hydrogen) atoms. The van der Waals surface area contributed by atoms with Crippen LogP contribution in [-0.4, -0.2) is 18.3 Å². The molecule has 0 bridgehead atoms. The lowest BCUT2D eigenvalue weighted by atomic mass is 9.79. The van der Waals surface area contributed by atoms with Gasteiger partial charge < -0.3 is 9.31 Å². The molecule has 0 aromatic carbocycles. The average Bonchev–Trinajstić information content (AvgIpc) is 1.80. The second-order valence-electron chi connectivity index (χ2n) is 4.54. The fourth-order valence-electron chi connectivity index (χ4n) is 1.86. The summed E-state index contributed by atoms with van der Waals surface area (Å²) in [6.07, 6.45) is 0.907. The SMILES string of the molecule is C=CB1OC(C)(C)CC(C)(C)O1. The third-order valence-electron chi connectivity index (χ3n) is 1.91. The van der Waals surface area contributed by atoms with E-state index in [1.54, 1.807) is 5.98 Å². The summed E-state index contributed by atoms with van der Waals surface area (Å²) in [5.41, 5.74) is -0.221. The summed E-state index contributed by atoms with van der Waals surface area (Å²) in [7, 11) is -0.260. The van der Waals surface area contributed by atoms with Crippen LogP contribution in [-0.2, 0) is 9.31 Å². The molecule has 0 aliphatic carbocycles. The van der Waals surface area contributed by atoms with Crippen LogP contribution in [0.2, 0.25) is 0 Å². The Morgan fingerprint density at radius 3 is 1.92 bits per heavy atom. The lowest BCUT2D eigenvalue weighted by Crippen LogP contribution is -2.50. The molecular formula is C9H17BO2. The summed E-state index contributed by atoms with van der Waals surface area (Å²) < 4.78 is 11.2. The van der Waals surface area contributed by atoms with Crippen LogP contribution in [0.1, 0.15) is 34.1 Å². The zero-order valence-electron chi connectivity index (χ0n) is 8.39. The smallest absolute Gasteiger partial charge is 0.403 e. The molecule has 0 aromatic heterocycles. The van der Waals surface area contributed by atoms with E-state index in [-0.39, 0.29) is 18.3 Å². The van der Waals surface area contributed by atoms with E-state index in [1.165, 1.54) is 0 Å². The molecule has 0 spiro atoms. The largest absolute Gasteiger partial charge is 0.486 e. The van der Waals surface area contributed by atoms with Crippen LogP contribution in [0.4, 0.5) is 0 Å². The lowest BCUT2D eigenvalue weighted by molar-refractivity contribution is -0.0722. The Labute approximate surface area is 75.1 Å². The maximum atomic E-state index is 5.62. The fraction of sp³-hybridized carbons (Fsp3) is 0.778. The van der Waals surface area contributed by atoms with Crippen molar-refractivity contribution >= 4 is 7.12 Å². The Kier molecular flexibility index (Phi) is 2.36. The van der Waals surface area contributed by atoms with Crippen molar-refractivity contribution in [1.82, 2.24) is 0 Å². The molecule has 1 heterocycles. The Morgan fingerprint density at radius 2 is 1.58 bits per heavy atom. The van der Waals surface area contributed by atoms with Crippen molar-refractivity contribution in [1.29, 1.82) is 0 Å². The van der Waals surface area contributed by atoms with E-state index in [9.17, 15) is 0 Å². The molecule has 68 valence electrons. The molecule has 3 heteroatoms. The summed E-state index contributed by atoms with van der Waals surface area (Å²) in [6, 6.07) is 0. The summed E-state index contributed by atoms with van der Waals surface area (Å²) in [6.45, 7) is 12.0. The van der Waals surface area contributed by atoms with E-state index >= 15 is 0 Å². The first-order valence-electron chi connectivity index (χ1n) is 4.33. The standard InChI is InChI=1S/C9H17BO2/c1-6-10-11-8(2,3)7-9(4,5)12-10/h6H,1,7H2,2-5H3. The van der Waals surface area contributed by atoms with Crippen LogP contribution >= 0.6 is 0 Å². The molecule has 0 aromatic rings. The van der Waals surface area contributed by atoms with E-state index < -0.39 is 0 Å². The third kappa shape index (κ3) is 2.36. The van der Waals surface area contributed by atoms with E-state index in [0.717, 1.165) is 6.42 Å². The first kappa shape index (κ1) is 9.81. The van der Waals surface area contributed by atoms with Crippen molar-refractivity contribution < 1.29 is 9.31 Å². The van der Waals surface area contributed by atoms with Crippen LogP contribution in [0.5, 0.6) is 0 Å². The molecule has 0 saturated carbocycles. The predicted molar refractivity (Wildman–Crippen MR) is 50.9 cm³/mol. The van der Waals surface area contributed by atoms with Gasteiger partial charge >= 0.3 is 7.12 Å². The average molecular weight is 168 g/mol. The molecule has 0 radical (unpaired) electrons. The molecule has 1 aliphatic rings. The molecule has 1 aliphatic heterocycles. The Balaban J connectivity index is 2.72. The first-order chi connectivity index (χ1) is 5.35. The molecule has 2 nitrogen and oxygen atoms in total. The Bertz CT molecular complexity index is 171. The highest BCUT2D eigenvalue weighted by molar-refractivity contribution is 6.50. The van der Waals surface area contributed by atoms with E-state index in [1.807, 2.05) is 0 Å². The van der Waals surface area contributed by atoms with Gasteiger partial charge in [0.25, 0.3) is 0 Å². The minimum absolute atomic E-state index is 0.111. The quantitative estimate of drug-likeness (QED) is 0.558. The van der Waals surface area contributed by atoms with Gasteiger partial charge in [0.2, 0.25) is 0 Å². The van der Waals surface area contributed by atoms with Crippen LogP contribution < -0.4 is 0 Å². The van der Waals surface area contributed by atoms with Crippen molar-refractivity contribution in [3.05, 3.63) is 12.6 Å². The predicted octanol–water partition coefficient (Wildman–Crippen LogP) is 2.19. The van der Waals surface area contributed by atoms with Gasteiger partial charge in [-0.3, -0.25) is 0 Å². The molecule has 0 unspecified atom stereocenters. The van der Waals surface area contributed by atoms with Crippen LogP contribution in [0.25, 0.3) is 0 Å². The molecular weight excluding hydrogens is 151 g/mol. The second-order valence-corrected chi connectivity index (χ2v) is 4.54. The fourth-order valence-corrected chi connectivity index (χ4v) is 1.86. The van der Waals surface area contributed by atoms with Crippen molar-refractivity contribution in [2.75, 3.05) is 0 Å². The maximum absolute atomic E-state index is 5.62. The molecule has 1 saturated heterocycles. The number of rotatable bonds is 1. The van der Waals surface area contributed by atoms with E-state index in [2.05, 4.69) is 34.3 Å². The zero-order chi connectivity index (χ0) is 9.41. The number of hydrogen-bond donors (Lipinski definition) is 0. The summed E-state index contributed by atoms with van der Waals surface area (Å²) in [5.74, 6) is 1.70. The van der Waals surface area contributed by atoms with Crippen LogP contribution in [0.3, 0.4) is 0 Å². The lowest BCUT2D eigenvalue weighted by Gasteiger charge is -2.43. The Morgan fingerprint density at radius 1 is 1.17 bits per heavy atom. The summed E-state index contributed by atoms with van der Waals surface area (Å²) in [4.78, 5) is 0. The maximum Gasteiger partial charge on any atom is 0.486 e. The van der Waals surface area contributed by atoms with E-state index in [0.29, 0.717) is 0 Å². The second kappa shape index (κ2) is 2.89. The van der Waals surface area contributed by atoms with Crippen molar-refractivity contribution in [2.45, 2.75) is 45.3 Å². The van der Waals surface area contributed by atoms with Gasteiger partial charge in [0.1, 0.15) is 0 Å². The number of hydrogen-bond acceptors (Lipinski definition) is 2. The van der Waals surface area contributed by atoms with Gasteiger partial charge in [-0.15, -0.1) is 6.58 Å². The minimum Gasteiger partial charge on any atom is -0.403 e. The molecule has 0 amide bonds. The van der Waals surface area contributed by atoms with Crippen LogP contribution in [0, 0.1) is 0 Å². The highest BCUT2D eigenvalue weighted by Crippen LogP contribution is 2.32. The third-order valence-corrected chi connectivity index (χ3v) is 1.91. The topological polar surface area (TPSA) is 18.5 Å². The van der Waals surface area contributed by atoms with Crippen LogP contribution in [0.15, 0.2) is 12.6 Å². The minimum atomic E-state index is -0.260. The van der Waals surface area contributed by atoms with Gasteiger partial charge in [-0.2, -0.15) is 0 Å². The highest BCUT2D eigenvalue weighted by atomic mass is 16.6. The van der Waals surface area contributed by atoms with Gasteiger partial charge in [0.05, 0.1) is 11.2 Å².